The molecule has 0 spiro atoms. The van der Waals surface area contributed by atoms with E-state index in [-0.39, 0.29) is 5.92 Å². The van der Waals surface area contributed by atoms with Gasteiger partial charge in [-0.2, -0.15) is 5.26 Å². The van der Waals surface area contributed by atoms with Crippen LogP contribution in [0.1, 0.15) is 12.6 Å². The first kappa shape index (κ1) is 13.8. The first-order valence-corrected chi connectivity index (χ1v) is 5.86. The van der Waals surface area contributed by atoms with E-state index in [1.165, 1.54) is 0 Å². The van der Waals surface area contributed by atoms with Gasteiger partial charge in [-0.25, -0.2) is 4.98 Å². The molecule has 0 saturated carbocycles. The first-order valence-electron chi connectivity index (χ1n) is 5.48. The zero-order valence-corrected chi connectivity index (χ0v) is 11.1. The van der Waals surface area contributed by atoms with E-state index in [9.17, 15) is 0 Å². The third-order valence-corrected chi connectivity index (χ3v) is 2.74. The molecule has 1 unspecified atom stereocenters. The van der Waals surface area contributed by atoms with Crippen LogP contribution in [0, 0.1) is 17.2 Å². The maximum atomic E-state index is 8.76. The van der Waals surface area contributed by atoms with E-state index in [4.69, 9.17) is 16.9 Å². The van der Waals surface area contributed by atoms with Crippen molar-refractivity contribution in [2.24, 2.45) is 5.92 Å². The molecule has 17 heavy (non-hydrogen) atoms. The lowest BCUT2D eigenvalue weighted by molar-refractivity contribution is 0.300. The number of nitrogens with zero attached hydrogens (tertiary/aromatic N) is 3. The number of halogens is 1. The summed E-state index contributed by atoms with van der Waals surface area (Å²) in [5.74, 6) is 0.803. The lowest BCUT2D eigenvalue weighted by Crippen LogP contribution is -2.24. The summed E-state index contributed by atoms with van der Waals surface area (Å²) in [5.41, 5.74) is 0.825. The van der Waals surface area contributed by atoms with Crippen LogP contribution < -0.4 is 5.32 Å². The van der Waals surface area contributed by atoms with E-state index < -0.39 is 0 Å². The molecule has 1 N–H and O–H groups in total. The molecule has 1 atom stereocenters. The maximum Gasteiger partial charge on any atom is 0.126 e. The van der Waals surface area contributed by atoms with Crippen molar-refractivity contribution in [3.8, 4) is 6.07 Å². The molecular weight excluding hydrogens is 236 g/mol. The molecule has 0 fully saturated rings. The Bertz CT molecular complexity index is 413. The van der Waals surface area contributed by atoms with Gasteiger partial charge >= 0.3 is 0 Å². The molecular formula is C12H17ClN4. The van der Waals surface area contributed by atoms with E-state index in [0.29, 0.717) is 18.1 Å². The predicted molar refractivity (Wildman–Crippen MR) is 69.9 cm³/mol. The third-order valence-electron chi connectivity index (χ3n) is 2.40. The van der Waals surface area contributed by atoms with Gasteiger partial charge in [0.1, 0.15) is 5.82 Å². The molecule has 0 aliphatic carbocycles. The largest absolute Gasteiger partial charge is 0.373 e. The molecule has 1 heterocycles. The molecule has 0 amide bonds. The van der Waals surface area contributed by atoms with Gasteiger partial charge in [0.05, 0.1) is 22.7 Å². The van der Waals surface area contributed by atoms with Crippen molar-refractivity contribution in [3.05, 3.63) is 22.8 Å². The first-order chi connectivity index (χ1) is 8.06. The van der Waals surface area contributed by atoms with Gasteiger partial charge in [0.15, 0.2) is 0 Å². The van der Waals surface area contributed by atoms with Gasteiger partial charge < -0.3 is 5.32 Å². The number of aromatic nitrogens is 1. The van der Waals surface area contributed by atoms with Gasteiger partial charge in [-0.1, -0.05) is 11.6 Å². The van der Waals surface area contributed by atoms with Crippen LogP contribution in [0.15, 0.2) is 12.1 Å². The highest BCUT2D eigenvalue weighted by Crippen LogP contribution is 2.18. The van der Waals surface area contributed by atoms with Crippen molar-refractivity contribution < 1.29 is 0 Å². The van der Waals surface area contributed by atoms with E-state index in [1.807, 2.05) is 38.1 Å². The predicted octanol–water partition coefficient (Wildman–Crippen LogP) is 2.37. The van der Waals surface area contributed by atoms with Crippen molar-refractivity contribution in [2.45, 2.75) is 13.5 Å². The van der Waals surface area contributed by atoms with Gasteiger partial charge in [-0.15, -0.1) is 0 Å². The number of hydrogen-bond acceptors (Lipinski definition) is 4. The molecule has 4 nitrogen and oxygen atoms in total. The summed E-state index contributed by atoms with van der Waals surface area (Å²) in [6.07, 6.45) is 0. The van der Waals surface area contributed by atoms with Crippen molar-refractivity contribution in [1.29, 1.82) is 5.26 Å². The van der Waals surface area contributed by atoms with Gasteiger partial charge in [0.25, 0.3) is 0 Å². The second kappa shape index (κ2) is 6.43. The number of hydrogen-bond donors (Lipinski definition) is 1. The minimum Gasteiger partial charge on any atom is -0.373 e. The second-order valence-corrected chi connectivity index (χ2v) is 4.51. The van der Waals surface area contributed by atoms with Crippen LogP contribution in [0.5, 0.6) is 0 Å². The second-order valence-electron chi connectivity index (χ2n) is 4.10. The SMILES string of the molecule is CNc1ccc(Cl)c(CN(C)CC(C)C#N)n1. The molecule has 1 rings (SSSR count). The maximum absolute atomic E-state index is 8.76. The molecule has 0 aromatic carbocycles. The number of nitriles is 1. The highest BCUT2D eigenvalue weighted by Gasteiger charge is 2.09. The topological polar surface area (TPSA) is 52.0 Å². The minimum absolute atomic E-state index is 0.00579. The Kier molecular flexibility index (Phi) is 5.20. The summed E-state index contributed by atoms with van der Waals surface area (Å²) in [6.45, 7) is 3.24. The average molecular weight is 253 g/mol. The highest BCUT2D eigenvalue weighted by atomic mass is 35.5. The standard InChI is InChI=1S/C12H17ClN4/c1-9(6-14)7-17(3)8-11-10(13)4-5-12(15-2)16-11/h4-5,9H,7-8H2,1-3H3,(H,15,16). The van der Waals surface area contributed by atoms with Crippen LogP contribution >= 0.6 is 11.6 Å². The zero-order valence-electron chi connectivity index (χ0n) is 10.4. The van der Waals surface area contributed by atoms with Gasteiger partial charge in [0, 0.05) is 20.1 Å². The van der Waals surface area contributed by atoms with Gasteiger partial charge in [-0.05, 0) is 26.1 Å². The molecule has 0 bridgehead atoms. The summed E-state index contributed by atoms with van der Waals surface area (Å²) in [4.78, 5) is 6.44. The Morgan fingerprint density at radius 2 is 2.29 bits per heavy atom. The van der Waals surface area contributed by atoms with Crippen molar-refractivity contribution >= 4 is 17.4 Å². The van der Waals surface area contributed by atoms with Crippen molar-refractivity contribution in [1.82, 2.24) is 9.88 Å². The van der Waals surface area contributed by atoms with Crippen LogP contribution in [0.3, 0.4) is 0 Å². The molecule has 1 aromatic rings. The van der Waals surface area contributed by atoms with Gasteiger partial charge in [-0.3, -0.25) is 4.90 Å². The van der Waals surface area contributed by atoms with Gasteiger partial charge in [0.2, 0.25) is 0 Å². The molecule has 92 valence electrons. The van der Waals surface area contributed by atoms with Crippen LogP contribution in [-0.2, 0) is 6.54 Å². The van der Waals surface area contributed by atoms with Crippen LogP contribution in [0.2, 0.25) is 5.02 Å². The summed E-state index contributed by atoms with van der Waals surface area (Å²) in [6, 6.07) is 5.88. The molecule has 0 aliphatic heterocycles. The molecule has 1 aromatic heterocycles. The molecule has 0 aliphatic rings. The Morgan fingerprint density at radius 1 is 1.59 bits per heavy atom. The number of rotatable bonds is 5. The van der Waals surface area contributed by atoms with Crippen molar-refractivity contribution in [3.63, 3.8) is 0 Å². The minimum atomic E-state index is 0.00579. The van der Waals surface area contributed by atoms with E-state index >= 15 is 0 Å². The smallest absolute Gasteiger partial charge is 0.126 e. The number of nitrogens with one attached hydrogen (secondary N) is 1. The molecule has 0 saturated heterocycles. The molecule has 0 radical (unpaired) electrons. The fraction of sp³-hybridized carbons (Fsp3) is 0.500. The normalized spacial score (nSPS) is 12.2. The number of anilines is 1. The van der Waals surface area contributed by atoms with Crippen LogP contribution in [0.4, 0.5) is 5.82 Å². The lowest BCUT2D eigenvalue weighted by Gasteiger charge is -2.18. The van der Waals surface area contributed by atoms with E-state index in [0.717, 1.165) is 11.5 Å². The quantitative estimate of drug-likeness (QED) is 0.874. The Hall–Kier alpha value is -1.31. The van der Waals surface area contributed by atoms with Crippen LogP contribution in [-0.4, -0.2) is 30.5 Å². The summed E-state index contributed by atoms with van der Waals surface area (Å²) < 4.78 is 0. The van der Waals surface area contributed by atoms with E-state index in [1.54, 1.807) is 0 Å². The zero-order chi connectivity index (χ0) is 12.8. The number of pyridine rings is 1. The van der Waals surface area contributed by atoms with Crippen molar-refractivity contribution in [2.75, 3.05) is 26.0 Å². The Morgan fingerprint density at radius 3 is 2.88 bits per heavy atom. The fourth-order valence-electron chi connectivity index (χ4n) is 1.56. The third kappa shape index (κ3) is 4.22. The highest BCUT2D eigenvalue weighted by molar-refractivity contribution is 6.31. The Balaban J connectivity index is 2.70. The summed E-state index contributed by atoms with van der Waals surface area (Å²) in [7, 11) is 3.78. The lowest BCUT2D eigenvalue weighted by atomic mass is 10.2. The average Bonchev–Trinajstić information content (AvgIpc) is 2.31. The molecule has 5 heteroatoms. The summed E-state index contributed by atoms with van der Waals surface area (Å²) in [5, 5.41) is 12.4. The monoisotopic (exact) mass is 252 g/mol. The fourth-order valence-corrected chi connectivity index (χ4v) is 1.73. The Labute approximate surface area is 107 Å². The summed E-state index contributed by atoms with van der Waals surface area (Å²) >= 11 is 6.09. The van der Waals surface area contributed by atoms with E-state index in [2.05, 4.69) is 16.4 Å². The van der Waals surface area contributed by atoms with Crippen LogP contribution in [0.25, 0.3) is 0 Å².